The molecule has 2 nitrogen and oxygen atoms in total. The predicted molar refractivity (Wildman–Crippen MR) is 80.6 cm³/mol. The first-order chi connectivity index (χ1) is 9.13. The van der Waals surface area contributed by atoms with Crippen molar-refractivity contribution in [1.82, 2.24) is 5.32 Å². The van der Waals surface area contributed by atoms with E-state index in [9.17, 15) is 0 Å². The van der Waals surface area contributed by atoms with E-state index in [-0.39, 0.29) is 0 Å². The summed E-state index contributed by atoms with van der Waals surface area (Å²) in [6.45, 7) is 11.7. The van der Waals surface area contributed by atoms with E-state index in [0.29, 0.717) is 12.0 Å². The van der Waals surface area contributed by atoms with Crippen LogP contribution in [0.4, 0.5) is 0 Å². The second-order valence-corrected chi connectivity index (χ2v) is 5.82. The molecule has 0 spiro atoms. The van der Waals surface area contributed by atoms with Crippen molar-refractivity contribution in [3.63, 3.8) is 0 Å². The van der Waals surface area contributed by atoms with Crippen LogP contribution in [0.15, 0.2) is 12.1 Å². The van der Waals surface area contributed by atoms with Gasteiger partial charge in [-0.15, -0.1) is 0 Å². The molecule has 0 saturated carbocycles. The van der Waals surface area contributed by atoms with E-state index in [1.807, 2.05) is 0 Å². The van der Waals surface area contributed by atoms with Gasteiger partial charge in [-0.25, -0.2) is 0 Å². The summed E-state index contributed by atoms with van der Waals surface area (Å²) in [4.78, 5) is 0. The van der Waals surface area contributed by atoms with Gasteiger partial charge in [0.05, 0.1) is 6.61 Å². The first-order valence-corrected chi connectivity index (χ1v) is 7.52. The average Bonchev–Trinajstić information content (AvgIpc) is 2.37. The standard InChI is InChI=1S/C17H27NO/c1-5-18-17(15-7-6-8-19-11-15)16-13(3)9-12(2)10-14(16)4/h9-10,15,17-18H,5-8,11H2,1-4H3. The molecule has 1 heterocycles. The van der Waals surface area contributed by atoms with Crippen molar-refractivity contribution in [2.24, 2.45) is 5.92 Å². The molecule has 0 aromatic heterocycles. The molecule has 1 N–H and O–H groups in total. The van der Waals surface area contributed by atoms with E-state index < -0.39 is 0 Å². The molecule has 2 unspecified atom stereocenters. The van der Waals surface area contributed by atoms with Gasteiger partial charge in [0.15, 0.2) is 0 Å². The fourth-order valence-electron chi connectivity index (χ4n) is 3.43. The van der Waals surface area contributed by atoms with Gasteiger partial charge in [-0.2, -0.15) is 0 Å². The maximum Gasteiger partial charge on any atom is 0.0512 e. The number of benzene rings is 1. The van der Waals surface area contributed by atoms with Crippen LogP contribution in [-0.4, -0.2) is 19.8 Å². The van der Waals surface area contributed by atoms with E-state index in [2.05, 4.69) is 45.1 Å². The number of hydrogen-bond donors (Lipinski definition) is 1. The Morgan fingerprint density at radius 3 is 2.47 bits per heavy atom. The van der Waals surface area contributed by atoms with Crippen LogP contribution < -0.4 is 5.32 Å². The van der Waals surface area contributed by atoms with Crippen molar-refractivity contribution in [3.05, 3.63) is 34.4 Å². The van der Waals surface area contributed by atoms with Gasteiger partial charge >= 0.3 is 0 Å². The minimum Gasteiger partial charge on any atom is -0.381 e. The van der Waals surface area contributed by atoms with Crippen LogP contribution in [0.5, 0.6) is 0 Å². The maximum absolute atomic E-state index is 5.69. The molecule has 2 heteroatoms. The van der Waals surface area contributed by atoms with Crippen LogP contribution in [0.25, 0.3) is 0 Å². The summed E-state index contributed by atoms with van der Waals surface area (Å²) in [6.07, 6.45) is 2.46. The molecule has 0 bridgehead atoms. The number of rotatable bonds is 4. The molecule has 1 aromatic carbocycles. The molecule has 1 aromatic rings. The highest BCUT2D eigenvalue weighted by Crippen LogP contribution is 2.33. The molecule has 0 aliphatic carbocycles. The Morgan fingerprint density at radius 2 is 1.95 bits per heavy atom. The summed E-state index contributed by atoms with van der Waals surface area (Å²) in [5.74, 6) is 0.605. The average molecular weight is 261 g/mol. The molecule has 2 atom stereocenters. The maximum atomic E-state index is 5.69. The Bertz CT molecular complexity index is 398. The molecule has 2 rings (SSSR count). The smallest absolute Gasteiger partial charge is 0.0512 e. The van der Waals surface area contributed by atoms with Crippen LogP contribution in [0.3, 0.4) is 0 Å². The second-order valence-electron chi connectivity index (χ2n) is 5.82. The SMILES string of the molecule is CCNC(c1c(C)cc(C)cc1C)C1CCCOC1. The van der Waals surface area contributed by atoms with Crippen molar-refractivity contribution in [1.29, 1.82) is 0 Å². The van der Waals surface area contributed by atoms with Gasteiger partial charge in [-0.3, -0.25) is 0 Å². The minimum atomic E-state index is 0.436. The Hall–Kier alpha value is -0.860. The summed E-state index contributed by atoms with van der Waals surface area (Å²) >= 11 is 0. The van der Waals surface area contributed by atoms with Gasteiger partial charge in [0.25, 0.3) is 0 Å². The molecule has 0 amide bonds. The zero-order chi connectivity index (χ0) is 13.8. The third-order valence-corrected chi connectivity index (χ3v) is 4.14. The van der Waals surface area contributed by atoms with Gasteiger partial charge in [0.1, 0.15) is 0 Å². The molecular formula is C17H27NO. The van der Waals surface area contributed by atoms with Crippen LogP contribution in [0.1, 0.15) is 48.1 Å². The first-order valence-electron chi connectivity index (χ1n) is 7.52. The predicted octanol–water partition coefficient (Wildman–Crippen LogP) is 3.69. The molecule has 0 radical (unpaired) electrons. The fourth-order valence-corrected chi connectivity index (χ4v) is 3.43. The highest BCUT2D eigenvalue weighted by Gasteiger charge is 2.27. The van der Waals surface area contributed by atoms with Crippen molar-refractivity contribution < 1.29 is 4.74 Å². The normalized spacial score (nSPS) is 21.4. The van der Waals surface area contributed by atoms with Crippen LogP contribution in [-0.2, 0) is 4.74 Å². The van der Waals surface area contributed by atoms with E-state index >= 15 is 0 Å². The Balaban J connectivity index is 2.32. The Labute approximate surface area is 117 Å². The van der Waals surface area contributed by atoms with Gasteiger partial charge in [0, 0.05) is 18.6 Å². The zero-order valence-electron chi connectivity index (χ0n) is 12.8. The lowest BCUT2D eigenvalue weighted by molar-refractivity contribution is 0.0391. The largest absolute Gasteiger partial charge is 0.381 e. The number of ether oxygens (including phenoxy) is 1. The molecule has 1 aliphatic rings. The second kappa shape index (κ2) is 6.53. The van der Waals surface area contributed by atoms with E-state index in [0.717, 1.165) is 19.8 Å². The molecule has 19 heavy (non-hydrogen) atoms. The summed E-state index contributed by atoms with van der Waals surface area (Å²) < 4.78 is 5.69. The number of aryl methyl sites for hydroxylation is 3. The minimum absolute atomic E-state index is 0.436. The molecule has 106 valence electrons. The summed E-state index contributed by atoms with van der Waals surface area (Å²) in [7, 11) is 0. The van der Waals surface area contributed by atoms with E-state index in [1.165, 1.54) is 35.1 Å². The highest BCUT2D eigenvalue weighted by atomic mass is 16.5. The molecule has 1 aliphatic heterocycles. The van der Waals surface area contributed by atoms with Gasteiger partial charge in [-0.05, 0) is 56.8 Å². The lowest BCUT2D eigenvalue weighted by Crippen LogP contribution is -2.34. The summed E-state index contributed by atoms with van der Waals surface area (Å²) in [5, 5.41) is 3.69. The topological polar surface area (TPSA) is 21.3 Å². The van der Waals surface area contributed by atoms with Gasteiger partial charge < -0.3 is 10.1 Å². The number of hydrogen-bond acceptors (Lipinski definition) is 2. The number of nitrogens with one attached hydrogen (secondary N) is 1. The van der Waals surface area contributed by atoms with Gasteiger partial charge in [-0.1, -0.05) is 24.6 Å². The van der Waals surface area contributed by atoms with Crippen molar-refractivity contribution in [2.45, 2.75) is 46.6 Å². The fraction of sp³-hybridized carbons (Fsp3) is 0.647. The Kier molecular flexibility index (Phi) is 5.00. The highest BCUT2D eigenvalue weighted by molar-refractivity contribution is 5.40. The van der Waals surface area contributed by atoms with Crippen LogP contribution in [0, 0.1) is 26.7 Å². The van der Waals surface area contributed by atoms with E-state index in [1.54, 1.807) is 0 Å². The lowest BCUT2D eigenvalue weighted by Gasteiger charge is -2.33. The lowest BCUT2D eigenvalue weighted by atomic mass is 9.84. The first kappa shape index (κ1) is 14.5. The third kappa shape index (κ3) is 3.37. The van der Waals surface area contributed by atoms with Crippen molar-refractivity contribution >= 4 is 0 Å². The van der Waals surface area contributed by atoms with E-state index in [4.69, 9.17) is 4.74 Å². The van der Waals surface area contributed by atoms with Crippen LogP contribution in [0.2, 0.25) is 0 Å². The van der Waals surface area contributed by atoms with Crippen molar-refractivity contribution in [2.75, 3.05) is 19.8 Å². The van der Waals surface area contributed by atoms with Gasteiger partial charge in [0.2, 0.25) is 0 Å². The zero-order valence-corrected chi connectivity index (χ0v) is 12.8. The molecular weight excluding hydrogens is 234 g/mol. The third-order valence-electron chi connectivity index (χ3n) is 4.14. The monoisotopic (exact) mass is 261 g/mol. The summed E-state index contributed by atoms with van der Waals surface area (Å²) in [5.41, 5.74) is 5.67. The van der Waals surface area contributed by atoms with Crippen LogP contribution >= 0.6 is 0 Å². The Morgan fingerprint density at radius 1 is 1.26 bits per heavy atom. The molecule has 1 fully saturated rings. The quantitative estimate of drug-likeness (QED) is 0.892. The summed E-state index contributed by atoms with van der Waals surface area (Å²) in [6, 6.07) is 5.04. The molecule has 1 saturated heterocycles. The van der Waals surface area contributed by atoms with Crippen molar-refractivity contribution in [3.8, 4) is 0 Å².